The van der Waals surface area contributed by atoms with Gasteiger partial charge in [-0.1, -0.05) is 18.2 Å². The second-order valence-corrected chi connectivity index (χ2v) is 3.05. The van der Waals surface area contributed by atoms with Gasteiger partial charge in [0.2, 0.25) is 5.90 Å². The van der Waals surface area contributed by atoms with Crippen molar-refractivity contribution in [1.82, 2.24) is 0 Å². The monoisotopic (exact) mass is 228 g/mol. The van der Waals surface area contributed by atoms with Crippen LogP contribution in [0.25, 0.3) is 0 Å². The molecule has 1 rings (SSSR count). The Hall–Kier alpha value is -1.22. The number of ether oxygens (including phenoxy) is 1. The molecule has 0 spiro atoms. The summed E-state index contributed by atoms with van der Waals surface area (Å²) in [7, 11) is 1.95. The molecule has 84 valence electrons. The van der Waals surface area contributed by atoms with Gasteiger partial charge in [-0.15, -0.1) is 12.4 Å². The second-order valence-electron chi connectivity index (χ2n) is 3.05. The third-order valence-electron chi connectivity index (χ3n) is 1.90. The van der Waals surface area contributed by atoms with Crippen molar-refractivity contribution in [3.63, 3.8) is 0 Å². The van der Waals surface area contributed by atoms with E-state index in [1.54, 1.807) is 0 Å². The summed E-state index contributed by atoms with van der Waals surface area (Å²) < 4.78 is 5.08. The Kier molecular flexibility index (Phi) is 6.54. The fourth-order valence-electron chi connectivity index (χ4n) is 1.21. The molecule has 0 atom stereocenters. The Labute approximate surface area is 97.0 Å². The summed E-state index contributed by atoms with van der Waals surface area (Å²) in [4.78, 5) is 1.98. The lowest BCUT2D eigenvalue weighted by atomic mass is 10.3. The number of benzene rings is 1. The van der Waals surface area contributed by atoms with Crippen LogP contribution in [0.3, 0.4) is 0 Å². The van der Waals surface area contributed by atoms with E-state index in [1.165, 1.54) is 0 Å². The number of likely N-dealkylation sites (N-methyl/N-ethyl adjacent to an activating group) is 1. The first-order valence-electron chi connectivity index (χ1n) is 4.70. The molecule has 0 aliphatic heterocycles. The maximum atomic E-state index is 7.50. The van der Waals surface area contributed by atoms with Crippen molar-refractivity contribution in [3.8, 4) is 0 Å². The van der Waals surface area contributed by atoms with Gasteiger partial charge < -0.3 is 9.64 Å². The topological polar surface area (TPSA) is 36.3 Å². The Morgan fingerprint density at radius 3 is 2.47 bits per heavy atom. The fourth-order valence-corrected chi connectivity index (χ4v) is 1.21. The molecule has 1 aromatic rings. The molecule has 0 amide bonds. The minimum Gasteiger partial charge on any atom is -0.480 e. The number of nitrogens with zero attached hydrogens (tertiary/aromatic N) is 1. The number of hydrogen-bond acceptors (Lipinski definition) is 3. The molecule has 0 saturated carbocycles. The highest BCUT2D eigenvalue weighted by molar-refractivity contribution is 5.85. The largest absolute Gasteiger partial charge is 0.480 e. The van der Waals surface area contributed by atoms with Crippen molar-refractivity contribution in [2.45, 2.75) is 6.92 Å². The molecule has 1 aromatic carbocycles. The van der Waals surface area contributed by atoms with Crippen LogP contribution >= 0.6 is 12.4 Å². The van der Waals surface area contributed by atoms with Gasteiger partial charge in [-0.25, -0.2) is 0 Å². The number of para-hydroxylation sites is 1. The normalized spacial score (nSPS) is 8.93. The van der Waals surface area contributed by atoms with Crippen LogP contribution in [-0.4, -0.2) is 26.1 Å². The lowest BCUT2D eigenvalue weighted by molar-refractivity contribution is 0.318. The molecule has 0 radical (unpaired) electrons. The summed E-state index contributed by atoms with van der Waals surface area (Å²) >= 11 is 0. The molecular formula is C11H17ClN2O. The Morgan fingerprint density at radius 2 is 1.93 bits per heavy atom. The average molecular weight is 229 g/mol. The maximum absolute atomic E-state index is 7.50. The molecular weight excluding hydrogens is 212 g/mol. The van der Waals surface area contributed by atoms with Crippen molar-refractivity contribution in [2.24, 2.45) is 0 Å². The number of nitrogens with one attached hydrogen (secondary N) is 1. The zero-order valence-electron chi connectivity index (χ0n) is 9.06. The SMILES string of the molecule is CCOC(=N)CN(C)c1ccccc1.Cl. The van der Waals surface area contributed by atoms with Crippen molar-refractivity contribution in [2.75, 3.05) is 25.1 Å². The Morgan fingerprint density at radius 1 is 1.33 bits per heavy atom. The Bertz CT molecular complexity index is 290. The van der Waals surface area contributed by atoms with E-state index >= 15 is 0 Å². The molecule has 0 aromatic heterocycles. The van der Waals surface area contributed by atoms with E-state index in [1.807, 2.05) is 49.2 Å². The molecule has 4 heteroatoms. The number of hydrogen-bond donors (Lipinski definition) is 1. The van der Waals surface area contributed by atoms with Gasteiger partial charge in [0.1, 0.15) is 0 Å². The summed E-state index contributed by atoms with van der Waals surface area (Å²) in [6.45, 7) is 2.95. The zero-order valence-corrected chi connectivity index (χ0v) is 9.88. The predicted molar refractivity (Wildman–Crippen MR) is 66.3 cm³/mol. The third kappa shape index (κ3) is 4.70. The first-order valence-corrected chi connectivity index (χ1v) is 4.70. The first-order chi connectivity index (χ1) is 6.74. The van der Waals surface area contributed by atoms with E-state index in [2.05, 4.69) is 0 Å². The van der Waals surface area contributed by atoms with Gasteiger partial charge in [-0.3, -0.25) is 5.41 Å². The van der Waals surface area contributed by atoms with Crippen LogP contribution in [0.15, 0.2) is 30.3 Å². The van der Waals surface area contributed by atoms with Gasteiger partial charge in [0, 0.05) is 12.7 Å². The van der Waals surface area contributed by atoms with E-state index in [9.17, 15) is 0 Å². The summed E-state index contributed by atoms with van der Waals surface area (Å²) in [5.74, 6) is 0.304. The van der Waals surface area contributed by atoms with Crippen LogP contribution in [-0.2, 0) is 4.74 Å². The average Bonchev–Trinajstić information content (AvgIpc) is 2.19. The van der Waals surface area contributed by atoms with Gasteiger partial charge in [0.25, 0.3) is 0 Å². The van der Waals surface area contributed by atoms with E-state index < -0.39 is 0 Å². The highest BCUT2D eigenvalue weighted by Crippen LogP contribution is 2.10. The lowest BCUT2D eigenvalue weighted by Gasteiger charge is -2.19. The molecule has 1 N–H and O–H groups in total. The zero-order chi connectivity index (χ0) is 10.4. The molecule has 15 heavy (non-hydrogen) atoms. The molecule has 0 heterocycles. The van der Waals surface area contributed by atoms with Crippen LogP contribution in [0.4, 0.5) is 5.69 Å². The minimum absolute atomic E-state index is 0. The molecule has 0 saturated heterocycles. The van der Waals surface area contributed by atoms with E-state index in [4.69, 9.17) is 10.1 Å². The maximum Gasteiger partial charge on any atom is 0.200 e. The predicted octanol–water partition coefficient (Wildman–Crippen LogP) is 2.56. The molecule has 0 aliphatic carbocycles. The van der Waals surface area contributed by atoms with Gasteiger partial charge >= 0.3 is 0 Å². The van der Waals surface area contributed by atoms with E-state index in [0.29, 0.717) is 19.0 Å². The van der Waals surface area contributed by atoms with Crippen molar-refractivity contribution < 1.29 is 4.74 Å². The van der Waals surface area contributed by atoms with E-state index in [0.717, 1.165) is 5.69 Å². The molecule has 0 bridgehead atoms. The molecule has 0 fully saturated rings. The number of anilines is 1. The van der Waals surface area contributed by atoms with Crippen molar-refractivity contribution >= 4 is 24.0 Å². The van der Waals surface area contributed by atoms with Crippen LogP contribution in [0.2, 0.25) is 0 Å². The summed E-state index contributed by atoms with van der Waals surface area (Å²) in [6.07, 6.45) is 0. The lowest BCUT2D eigenvalue weighted by Crippen LogP contribution is -2.26. The fraction of sp³-hybridized carbons (Fsp3) is 0.364. The minimum atomic E-state index is 0. The third-order valence-corrected chi connectivity index (χ3v) is 1.90. The van der Waals surface area contributed by atoms with Crippen molar-refractivity contribution in [1.29, 1.82) is 5.41 Å². The number of rotatable bonds is 4. The quantitative estimate of drug-likeness (QED) is 0.635. The van der Waals surface area contributed by atoms with Gasteiger partial charge in [0.15, 0.2) is 0 Å². The van der Waals surface area contributed by atoms with Crippen LogP contribution in [0, 0.1) is 5.41 Å². The second kappa shape index (κ2) is 7.12. The van der Waals surface area contributed by atoms with Gasteiger partial charge in [-0.05, 0) is 19.1 Å². The molecule has 3 nitrogen and oxygen atoms in total. The molecule has 0 aliphatic rings. The summed E-state index contributed by atoms with van der Waals surface area (Å²) in [6, 6.07) is 9.97. The molecule has 0 unspecified atom stereocenters. The Balaban J connectivity index is 0.00000196. The summed E-state index contributed by atoms with van der Waals surface area (Å²) in [5, 5.41) is 7.50. The van der Waals surface area contributed by atoms with Crippen LogP contribution in [0.5, 0.6) is 0 Å². The first kappa shape index (κ1) is 13.8. The van der Waals surface area contributed by atoms with Gasteiger partial charge in [0.05, 0.1) is 13.2 Å². The van der Waals surface area contributed by atoms with Crippen LogP contribution in [0.1, 0.15) is 6.92 Å². The van der Waals surface area contributed by atoms with E-state index in [-0.39, 0.29) is 12.4 Å². The highest BCUT2D eigenvalue weighted by atomic mass is 35.5. The summed E-state index contributed by atoms with van der Waals surface area (Å²) in [5.41, 5.74) is 1.09. The number of halogens is 1. The van der Waals surface area contributed by atoms with Crippen LogP contribution < -0.4 is 4.90 Å². The smallest absolute Gasteiger partial charge is 0.200 e. The van der Waals surface area contributed by atoms with Gasteiger partial charge in [-0.2, -0.15) is 0 Å². The van der Waals surface area contributed by atoms with Crippen molar-refractivity contribution in [3.05, 3.63) is 30.3 Å². The highest BCUT2D eigenvalue weighted by Gasteiger charge is 2.03. The standard InChI is InChI=1S/C11H16N2O.ClH/c1-3-14-11(12)9-13(2)10-7-5-4-6-8-10;/h4-8,12H,3,9H2,1-2H3;1H.